The molecular weight excluding hydrogens is 456 g/mol. The molecule has 3 aromatic rings. The summed E-state index contributed by atoms with van der Waals surface area (Å²) in [5.41, 5.74) is 7.93. The summed E-state index contributed by atoms with van der Waals surface area (Å²) in [6, 6.07) is 25.0. The van der Waals surface area contributed by atoms with Crippen molar-refractivity contribution in [1.82, 2.24) is 0 Å². The number of hydrogen-bond donors (Lipinski definition) is 1. The fourth-order valence-electron chi connectivity index (χ4n) is 4.78. The fourth-order valence-corrected chi connectivity index (χ4v) is 4.78. The maximum absolute atomic E-state index is 11.1. The molecule has 0 radical (unpaired) electrons. The number of benzene rings is 3. The van der Waals surface area contributed by atoms with Gasteiger partial charge < -0.3 is 10.0 Å². The van der Waals surface area contributed by atoms with Crippen LogP contribution in [0.3, 0.4) is 0 Å². The number of anilines is 2. The van der Waals surface area contributed by atoms with Gasteiger partial charge in [0.1, 0.15) is 11.6 Å². The van der Waals surface area contributed by atoms with E-state index in [1.807, 2.05) is 24.3 Å². The molecule has 3 aromatic carbocycles. The second-order valence-corrected chi connectivity index (χ2v) is 10.3. The molecule has 4 nitrogen and oxygen atoms in total. The fraction of sp³-hybridized carbons (Fsp3) is 0.273. The summed E-state index contributed by atoms with van der Waals surface area (Å²) in [5, 5.41) is 18.0. The predicted molar refractivity (Wildman–Crippen MR) is 153 cm³/mol. The number of rotatable bonds is 8. The van der Waals surface area contributed by atoms with Crippen molar-refractivity contribution in [2.45, 2.75) is 51.9 Å². The maximum Gasteiger partial charge on any atom is 0.346 e. The lowest BCUT2D eigenvalue weighted by atomic mass is 9.77. The Balaban J connectivity index is 1.55. The Morgan fingerprint density at radius 1 is 1.00 bits per heavy atom. The van der Waals surface area contributed by atoms with Crippen molar-refractivity contribution in [3.63, 3.8) is 0 Å². The van der Waals surface area contributed by atoms with E-state index in [9.17, 15) is 4.79 Å². The van der Waals surface area contributed by atoms with Gasteiger partial charge in [0, 0.05) is 17.9 Å². The van der Waals surface area contributed by atoms with Crippen molar-refractivity contribution in [2.75, 3.05) is 11.4 Å². The van der Waals surface area contributed by atoms with Crippen LogP contribution in [0.2, 0.25) is 0 Å². The molecule has 1 aliphatic rings. The molecule has 0 bridgehead atoms. The highest BCUT2D eigenvalue weighted by molar-refractivity contribution is 5.96. The van der Waals surface area contributed by atoms with Crippen LogP contribution >= 0.6 is 0 Å². The highest BCUT2D eigenvalue weighted by Crippen LogP contribution is 2.43. The van der Waals surface area contributed by atoms with Crippen molar-refractivity contribution in [3.8, 4) is 6.07 Å². The molecule has 0 aromatic heterocycles. The summed E-state index contributed by atoms with van der Waals surface area (Å²) in [5.74, 6) is -1.22. The van der Waals surface area contributed by atoms with E-state index in [1.54, 1.807) is 6.07 Å². The number of nitriles is 1. The first-order valence-corrected chi connectivity index (χ1v) is 12.9. The van der Waals surface area contributed by atoms with Crippen LogP contribution in [-0.2, 0) is 16.6 Å². The maximum atomic E-state index is 11.1. The SMILES string of the molecule is CCCCc1ccc(N2CCC(C)(C)c3cc(/C=C/c4ccc(/C=C(\C#N)C(=O)O)cc4)ccc32)cc1. The zero-order valence-corrected chi connectivity index (χ0v) is 21.9. The van der Waals surface area contributed by atoms with Crippen LogP contribution in [0.1, 0.15) is 67.9 Å². The minimum atomic E-state index is -1.22. The van der Waals surface area contributed by atoms with Crippen molar-refractivity contribution in [3.05, 3.63) is 100 Å². The van der Waals surface area contributed by atoms with Gasteiger partial charge in [0.15, 0.2) is 0 Å². The Morgan fingerprint density at radius 3 is 2.30 bits per heavy atom. The molecule has 0 amide bonds. The molecule has 0 saturated carbocycles. The normalized spacial score (nSPS) is 14.9. The smallest absolute Gasteiger partial charge is 0.346 e. The summed E-state index contributed by atoms with van der Waals surface area (Å²) in [6.07, 6.45) is 10.2. The Hall–Kier alpha value is -4.10. The number of nitrogens with zero attached hydrogens (tertiary/aromatic N) is 2. The van der Waals surface area contributed by atoms with Gasteiger partial charge in [0.05, 0.1) is 0 Å². The number of carboxylic acids is 1. The molecule has 1 N–H and O–H groups in total. The number of carbonyl (C=O) groups is 1. The number of hydrogen-bond acceptors (Lipinski definition) is 3. The first-order chi connectivity index (χ1) is 17.8. The van der Waals surface area contributed by atoms with Crippen LogP contribution in [0.25, 0.3) is 18.2 Å². The standard InChI is InChI=1S/C33H34N2O2/c1-4-5-6-24-13-16-29(17-14-24)35-20-19-33(2,3)30-22-27(15-18-31(30)35)12-9-25-7-10-26(11-8-25)21-28(23-34)32(36)37/h7-18,21-22H,4-6,19-20H2,1-3H3,(H,36,37)/b12-9+,28-21+. The molecule has 1 aliphatic heterocycles. The number of unbranched alkanes of at least 4 members (excludes halogenated alkanes) is 1. The third kappa shape index (κ3) is 6.19. The second kappa shape index (κ2) is 11.3. The van der Waals surface area contributed by atoms with Crippen LogP contribution in [-0.4, -0.2) is 17.6 Å². The van der Waals surface area contributed by atoms with E-state index < -0.39 is 5.97 Å². The zero-order chi connectivity index (χ0) is 26.4. The molecule has 0 unspecified atom stereocenters. The van der Waals surface area contributed by atoms with E-state index in [1.165, 1.54) is 41.4 Å². The van der Waals surface area contributed by atoms with Gasteiger partial charge in [-0.05, 0) is 82.8 Å². The van der Waals surface area contributed by atoms with Gasteiger partial charge in [-0.25, -0.2) is 4.79 Å². The van der Waals surface area contributed by atoms with Gasteiger partial charge in [0.25, 0.3) is 0 Å². The minimum absolute atomic E-state index is 0.0906. The van der Waals surface area contributed by atoms with Crippen LogP contribution in [0.15, 0.2) is 72.3 Å². The van der Waals surface area contributed by atoms with Crippen molar-refractivity contribution in [2.24, 2.45) is 0 Å². The van der Waals surface area contributed by atoms with E-state index in [2.05, 4.69) is 80.3 Å². The van der Waals surface area contributed by atoms with Crippen molar-refractivity contribution >= 4 is 35.6 Å². The third-order valence-corrected chi connectivity index (χ3v) is 7.13. The summed E-state index contributed by atoms with van der Waals surface area (Å²) in [6.45, 7) is 7.88. The van der Waals surface area contributed by atoms with Gasteiger partial charge in [-0.15, -0.1) is 0 Å². The molecule has 0 atom stereocenters. The Kier molecular flexibility index (Phi) is 7.94. The van der Waals surface area contributed by atoms with E-state index in [-0.39, 0.29) is 11.0 Å². The second-order valence-electron chi connectivity index (χ2n) is 10.3. The Morgan fingerprint density at radius 2 is 1.65 bits per heavy atom. The molecule has 0 saturated heterocycles. The number of fused-ring (bicyclic) bond motifs is 1. The molecule has 188 valence electrons. The van der Waals surface area contributed by atoms with Crippen LogP contribution in [0, 0.1) is 11.3 Å². The van der Waals surface area contributed by atoms with Gasteiger partial charge in [-0.1, -0.05) is 81.8 Å². The van der Waals surface area contributed by atoms with E-state index in [0.717, 1.165) is 30.5 Å². The van der Waals surface area contributed by atoms with E-state index >= 15 is 0 Å². The topological polar surface area (TPSA) is 64.3 Å². The molecule has 0 aliphatic carbocycles. The first-order valence-electron chi connectivity index (χ1n) is 12.9. The summed E-state index contributed by atoms with van der Waals surface area (Å²) in [7, 11) is 0. The quantitative estimate of drug-likeness (QED) is 0.197. The molecule has 1 heterocycles. The van der Waals surface area contributed by atoms with Gasteiger partial charge >= 0.3 is 5.97 Å². The number of aliphatic carboxylic acids is 1. The Bertz CT molecular complexity index is 1360. The summed E-state index contributed by atoms with van der Waals surface area (Å²) < 4.78 is 0. The van der Waals surface area contributed by atoms with Gasteiger partial charge in [-0.2, -0.15) is 5.26 Å². The predicted octanol–water partition coefficient (Wildman–Crippen LogP) is 8.01. The molecule has 4 heteroatoms. The molecule has 4 rings (SSSR count). The summed E-state index contributed by atoms with van der Waals surface area (Å²) >= 11 is 0. The largest absolute Gasteiger partial charge is 0.477 e. The van der Waals surface area contributed by atoms with Crippen molar-refractivity contribution < 1.29 is 9.90 Å². The zero-order valence-electron chi connectivity index (χ0n) is 21.9. The number of aryl methyl sites for hydroxylation is 1. The average molecular weight is 491 g/mol. The average Bonchev–Trinajstić information content (AvgIpc) is 2.90. The van der Waals surface area contributed by atoms with Crippen LogP contribution in [0.5, 0.6) is 0 Å². The monoisotopic (exact) mass is 490 g/mol. The summed E-state index contributed by atoms with van der Waals surface area (Å²) in [4.78, 5) is 13.5. The van der Waals surface area contributed by atoms with Gasteiger partial charge in [-0.3, -0.25) is 0 Å². The first kappa shape index (κ1) is 26.0. The lowest BCUT2D eigenvalue weighted by molar-refractivity contribution is -0.132. The van der Waals surface area contributed by atoms with Crippen molar-refractivity contribution in [1.29, 1.82) is 5.26 Å². The molecule has 37 heavy (non-hydrogen) atoms. The van der Waals surface area contributed by atoms with Gasteiger partial charge in [0.2, 0.25) is 0 Å². The minimum Gasteiger partial charge on any atom is -0.477 e. The Labute approximate surface area is 220 Å². The lowest BCUT2D eigenvalue weighted by Crippen LogP contribution is -2.34. The highest BCUT2D eigenvalue weighted by Gasteiger charge is 2.31. The highest BCUT2D eigenvalue weighted by atomic mass is 16.4. The molecule has 0 fully saturated rings. The van der Waals surface area contributed by atoms with Crippen LogP contribution in [0.4, 0.5) is 11.4 Å². The lowest BCUT2D eigenvalue weighted by Gasteiger charge is -2.40. The molecular formula is C33H34N2O2. The molecule has 0 spiro atoms. The van der Waals surface area contributed by atoms with E-state index in [4.69, 9.17) is 10.4 Å². The van der Waals surface area contributed by atoms with Crippen LogP contribution < -0.4 is 4.90 Å². The number of carboxylic acid groups (broad SMARTS) is 1. The van der Waals surface area contributed by atoms with E-state index in [0.29, 0.717) is 5.56 Å². The third-order valence-electron chi connectivity index (χ3n) is 7.13.